The van der Waals surface area contributed by atoms with E-state index in [1.54, 1.807) is 93.7 Å². The quantitative estimate of drug-likeness (QED) is 0.0174. The number of halogens is 1. The first kappa shape index (κ1) is 86.7. The van der Waals surface area contributed by atoms with Gasteiger partial charge < -0.3 is 110 Å². The number of nitrogens with two attached hydrogens (primary N) is 4. The lowest BCUT2D eigenvalue weighted by atomic mass is 10.00. The number of amidine groups is 1. The number of carbonyl (C=O) groups is 10. The zero-order chi connectivity index (χ0) is 80.3. The Kier molecular flexibility index (Phi) is 33.4. The van der Waals surface area contributed by atoms with Crippen LogP contribution in [0.2, 0.25) is 5.02 Å². The van der Waals surface area contributed by atoms with Crippen LogP contribution in [0.3, 0.4) is 0 Å². The van der Waals surface area contributed by atoms with E-state index in [4.69, 9.17) is 53.3 Å². The number of aromatic nitrogens is 2. The van der Waals surface area contributed by atoms with Gasteiger partial charge in [0.2, 0.25) is 59.0 Å². The molecule has 1 saturated heterocycles. The highest BCUT2D eigenvalue weighted by molar-refractivity contribution is 8.06. The molecule has 1 unspecified atom stereocenters. The lowest BCUT2D eigenvalue weighted by molar-refractivity contribution is -0.136. The van der Waals surface area contributed by atoms with Crippen LogP contribution in [-0.2, 0) is 66.5 Å². The summed E-state index contributed by atoms with van der Waals surface area (Å²) >= 11 is 4.86. The Morgan fingerprint density at radius 2 is 1.27 bits per heavy atom. The van der Waals surface area contributed by atoms with Crippen LogP contribution in [0.25, 0.3) is 10.9 Å². The van der Waals surface area contributed by atoms with E-state index >= 15 is 0 Å². The number of aryl methyl sites for hydroxylation is 1. The lowest BCUT2D eigenvalue weighted by Crippen LogP contribution is -2.61. The number of aliphatic imine (C=N–C) groups is 1. The maximum absolute atomic E-state index is 14.7. The number of nitrogens with zero attached hydrogens (tertiary/aromatic N) is 3. The summed E-state index contributed by atoms with van der Waals surface area (Å²) in [5, 5.41) is 55.2. The van der Waals surface area contributed by atoms with Gasteiger partial charge >= 0.3 is 5.17 Å². The second-order valence-corrected chi connectivity index (χ2v) is 28.1. The van der Waals surface area contributed by atoms with Crippen molar-refractivity contribution in [3.8, 4) is 23.0 Å². The number of rotatable bonds is 28. The summed E-state index contributed by atoms with van der Waals surface area (Å²) in [5.74, 6) is -7.68. The molecule has 4 aromatic carbocycles. The van der Waals surface area contributed by atoms with Crippen molar-refractivity contribution < 1.29 is 81.4 Å². The van der Waals surface area contributed by atoms with Crippen molar-refractivity contribution in [1.29, 1.82) is 0 Å². The minimum Gasteiger partial charge on any atom is -0.609 e. The number of benzene rings is 4. The fourth-order valence-corrected chi connectivity index (χ4v) is 12.7. The number of pyridine rings is 1. The molecule has 3 heterocycles. The number of aliphatic hydroxyl groups is 2. The van der Waals surface area contributed by atoms with Crippen LogP contribution in [0.15, 0.2) is 113 Å². The molecule has 2 aromatic heterocycles. The molecule has 35 nitrogen and oxygen atoms in total. The van der Waals surface area contributed by atoms with Gasteiger partial charge in [0.1, 0.15) is 77.4 Å². The predicted molar refractivity (Wildman–Crippen MR) is 409 cm³/mol. The van der Waals surface area contributed by atoms with E-state index in [1.807, 2.05) is 0 Å². The van der Waals surface area contributed by atoms with Gasteiger partial charge in [-0.05, 0) is 133 Å². The van der Waals surface area contributed by atoms with Crippen molar-refractivity contribution in [2.45, 2.75) is 152 Å². The van der Waals surface area contributed by atoms with Crippen molar-refractivity contribution in [2.24, 2.45) is 33.8 Å². The van der Waals surface area contributed by atoms with Crippen LogP contribution < -0.4 is 95.6 Å². The van der Waals surface area contributed by atoms with Crippen LogP contribution in [0.4, 0.5) is 11.5 Å². The van der Waals surface area contributed by atoms with Crippen LogP contribution in [-0.4, -0.2) is 203 Å². The topological polar surface area (TPSA) is 550 Å². The molecule has 1 aliphatic rings. The fraction of sp³-hybridized carbons (Fsp3) is 0.438. The molecular formula is C73H97ClN18O17S. The third-order valence-corrected chi connectivity index (χ3v) is 18.8. The van der Waals surface area contributed by atoms with Gasteiger partial charge in [0.05, 0.1) is 42.7 Å². The number of hydrogen-bond donors (Lipinski definition) is 17. The number of hydrogen-bond acceptors (Lipinski definition) is 24. The Hall–Kier alpha value is -10.6. The first-order valence-electron chi connectivity index (χ1n) is 35.5. The molecule has 12 atom stereocenters. The SMILES string of the molecule is COc1cc2nccc(Oc3ccc(N/C(=N/c4cc(C)on4)[S+]([O-])Cc4ccc(C(=O)N[C@H](C(=O)N[C@H](CCN)C(=O)N[C@@H]5CCNC(=O)[C@H]([C@@H](C)O)NC(=O)[C@H](CCN)NC(=O)[C@H](CCN)NC(=O)[C@H](CC(C)C)NC(=O)[C@@H](Cc6ccccc6)NC(=O)[C@H](CCN)NC5=O)[C@H](C)O)cc4)c(Cl)c3)c2cc1OC. The first-order chi connectivity index (χ1) is 52.6. The summed E-state index contributed by atoms with van der Waals surface area (Å²) < 4.78 is 36.7. The number of amides is 10. The van der Waals surface area contributed by atoms with Crippen LogP contribution in [0, 0.1) is 12.8 Å². The van der Waals surface area contributed by atoms with E-state index in [-0.39, 0.29) is 97.9 Å². The molecule has 10 amide bonds. The lowest BCUT2D eigenvalue weighted by Gasteiger charge is -2.28. The molecule has 1 fully saturated rings. The van der Waals surface area contributed by atoms with Crippen molar-refractivity contribution >= 4 is 109 Å². The van der Waals surface area contributed by atoms with Gasteiger partial charge in [-0.3, -0.25) is 58.2 Å². The second-order valence-electron chi connectivity index (χ2n) is 26.4. The van der Waals surface area contributed by atoms with Gasteiger partial charge in [0.25, 0.3) is 5.91 Å². The minimum absolute atomic E-state index is 0.0208. The van der Waals surface area contributed by atoms with E-state index in [0.29, 0.717) is 56.5 Å². The molecule has 1 aliphatic heterocycles. The number of nitrogens with one attached hydrogen (secondary N) is 11. The number of aliphatic hydroxyl groups excluding tert-OH is 2. The molecule has 0 bridgehead atoms. The van der Waals surface area contributed by atoms with Gasteiger partial charge in [0, 0.05) is 65.1 Å². The average molecular weight is 1570 g/mol. The standard InChI is InChI=1S/C73H97ClN18O17S/c1-38(2)31-55-69(101)83-49(19-25-75)64(96)82-52(22-28-78)68(100)91-61(40(4)93)71(103)80-29-23-53(67(99)81-50(20-26-76)66(98)87-56(70(102)86-55)33-42-11-9-8-10-12-42)84-65(97)51(21-27-77)85-72(104)62(41(5)94)90-63(95)44-15-13-43(14-16-44)37-110(105)73(89-60-32-39(3)109-92-60)88-48-18-17-45(34-47(48)74)108-57-24-30-79-54-36-59(107-7)58(106-6)35-46(54)57/h8-18,24,30,32,34-36,38,40-41,49-53,55-56,61-62,93-94H,19-23,25-29,31,33,37,75-78H2,1-7H3,(H,80,103)(H,81,99)(H,82,96)(H,83,101)(H,84,97)(H,85,104)(H,86,102)(H,87,98)(H,90,95)(H,91,100)(H,88,89,92)/t40-,41+,49+,50+,51-,52+,53-,55+,56-,61+,62+,110?/m1/s1. The molecule has 21 N–H and O–H groups in total. The van der Waals surface area contributed by atoms with E-state index in [1.165, 1.54) is 58.4 Å². The van der Waals surface area contributed by atoms with Crippen LogP contribution in [0.5, 0.6) is 23.0 Å². The average Bonchev–Trinajstić information content (AvgIpc) is 1.49. The maximum atomic E-state index is 14.7. The molecule has 0 aliphatic carbocycles. The molecule has 6 aromatic rings. The van der Waals surface area contributed by atoms with Crippen molar-refractivity contribution in [2.75, 3.05) is 52.3 Å². The van der Waals surface area contributed by atoms with Crippen molar-refractivity contribution in [1.82, 2.24) is 63.3 Å². The highest BCUT2D eigenvalue weighted by Crippen LogP contribution is 2.38. The Labute approximate surface area is 642 Å². The molecule has 7 rings (SSSR count). The Morgan fingerprint density at radius 3 is 1.85 bits per heavy atom. The van der Waals surface area contributed by atoms with Crippen molar-refractivity contribution in [3.05, 3.63) is 131 Å². The normalized spacial score (nSPS) is 20.2. The third kappa shape index (κ3) is 25.2. The highest BCUT2D eigenvalue weighted by atomic mass is 35.5. The summed E-state index contributed by atoms with van der Waals surface area (Å²) in [6.45, 7) is 6.34. The number of ether oxygens (including phenoxy) is 3. The molecule has 37 heteroatoms. The van der Waals surface area contributed by atoms with E-state index in [9.17, 15) is 62.7 Å². The molecule has 0 radical (unpaired) electrons. The Morgan fingerprint density at radius 1 is 0.682 bits per heavy atom. The predicted octanol–water partition coefficient (Wildman–Crippen LogP) is -0.0151. The van der Waals surface area contributed by atoms with Crippen LogP contribution >= 0.6 is 11.6 Å². The molecule has 0 saturated carbocycles. The minimum atomic E-state index is -1.96. The largest absolute Gasteiger partial charge is 0.609 e. The van der Waals surface area contributed by atoms with Gasteiger partial charge in [-0.2, -0.15) is 4.99 Å². The van der Waals surface area contributed by atoms with E-state index in [0.717, 1.165) is 0 Å². The Bertz CT molecular complexity index is 4200. The molecule has 110 heavy (non-hydrogen) atoms. The first-order valence-corrected chi connectivity index (χ1v) is 37.2. The smallest absolute Gasteiger partial charge is 0.323 e. The van der Waals surface area contributed by atoms with Gasteiger partial charge in [-0.1, -0.05) is 73.1 Å². The summed E-state index contributed by atoms with van der Waals surface area (Å²) in [5.41, 5.74) is 25.6. The maximum Gasteiger partial charge on any atom is 0.323 e. The van der Waals surface area contributed by atoms with Gasteiger partial charge in [-0.25, -0.2) is 0 Å². The van der Waals surface area contributed by atoms with Crippen LogP contribution in [0.1, 0.15) is 93.5 Å². The number of carbonyl (C=O) groups excluding carboxylic acids is 10. The third-order valence-electron chi connectivity index (χ3n) is 17.3. The summed E-state index contributed by atoms with van der Waals surface area (Å²) in [4.78, 5) is 152. The zero-order valence-corrected chi connectivity index (χ0v) is 63.5. The fourth-order valence-electron chi connectivity index (χ4n) is 11.5. The number of methoxy groups -OCH3 is 2. The van der Waals surface area contributed by atoms with Crippen molar-refractivity contribution in [3.63, 3.8) is 0 Å². The molecule has 0 spiro atoms. The summed E-state index contributed by atoms with van der Waals surface area (Å²) in [6, 6.07) is 11.8. The number of anilines is 1. The zero-order valence-electron chi connectivity index (χ0n) is 61.9. The summed E-state index contributed by atoms with van der Waals surface area (Å²) in [6.07, 6.45) is -3.14. The highest BCUT2D eigenvalue weighted by Gasteiger charge is 2.38. The summed E-state index contributed by atoms with van der Waals surface area (Å²) in [7, 11) is 3.03. The van der Waals surface area contributed by atoms with Gasteiger partial charge in [-0.15, -0.1) is 0 Å². The molecular weight excluding hydrogens is 1470 g/mol. The second kappa shape index (κ2) is 42.4. The Balaban J connectivity index is 1.09. The number of fused-ring (bicyclic) bond motifs is 1. The monoisotopic (exact) mass is 1560 g/mol. The van der Waals surface area contributed by atoms with E-state index < -0.39 is 150 Å². The van der Waals surface area contributed by atoms with E-state index in [2.05, 4.69) is 73.6 Å². The molecule has 594 valence electrons. The van der Waals surface area contributed by atoms with Gasteiger partial charge in [0.15, 0.2) is 11.5 Å².